The van der Waals surface area contributed by atoms with E-state index in [1.807, 2.05) is 38.1 Å². The molecule has 2 bridgehead atoms. The van der Waals surface area contributed by atoms with E-state index in [1.165, 1.54) is 0 Å². The Balaban J connectivity index is 2.00. The van der Waals surface area contributed by atoms with Gasteiger partial charge in [-0.3, -0.25) is 0 Å². The van der Waals surface area contributed by atoms with Crippen molar-refractivity contribution in [2.45, 2.75) is 61.5 Å². The standard InChI is InChI=1S/C23H33O6P/c1-15(2)26-19(18(23(6,7)8)13-25-14-22(3,4)5)16-10-9-11-17(12-16)20-21-28-30(24,27-20)29-21/h9-12,15H,13-14H2,1-8H3/b19-18-. The topological polar surface area (TPSA) is 63.2 Å². The van der Waals surface area contributed by atoms with E-state index in [4.69, 9.17) is 23.0 Å². The second-order valence-corrected chi connectivity index (χ2v) is 11.6. The number of hydrogen-bond acceptors (Lipinski definition) is 6. The van der Waals surface area contributed by atoms with Crippen molar-refractivity contribution in [3.8, 4) is 0 Å². The van der Waals surface area contributed by atoms with Crippen molar-refractivity contribution in [3.05, 3.63) is 46.9 Å². The minimum Gasteiger partial charge on any atom is -0.490 e. The fourth-order valence-electron chi connectivity index (χ4n) is 3.08. The van der Waals surface area contributed by atoms with Crippen LogP contribution in [0.25, 0.3) is 11.5 Å². The zero-order valence-corrected chi connectivity index (χ0v) is 20.1. The predicted octanol–water partition coefficient (Wildman–Crippen LogP) is 6.74. The highest BCUT2D eigenvalue weighted by Gasteiger charge is 2.56. The van der Waals surface area contributed by atoms with Crippen LogP contribution >= 0.6 is 7.82 Å². The molecule has 3 aliphatic rings. The first-order valence-corrected chi connectivity index (χ1v) is 11.8. The first kappa shape index (κ1) is 22.8. The molecule has 30 heavy (non-hydrogen) atoms. The molecule has 1 aromatic rings. The molecule has 6 nitrogen and oxygen atoms in total. The summed E-state index contributed by atoms with van der Waals surface area (Å²) in [5, 5.41) is 0. The van der Waals surface area contributed by atoms with Crippen LogP contribution in [-0.4, -0.2) is 19.3 Å². The fraction of sp³-hybridized carbons (Fsp3) is 0.565. The quantitative estimate of drug-likeness (QED) is 0.348. The lowest BCUT2D eigenvalue weighted by atomic mass is 9.84. The fourth-order valence-corrected chi connectivity index (χ4v) is 4.15. The van der Waals surface area contributed by atoms with Gasteiger partial charge in [0.1, 0.15) is 5.76 Å². The van der Waals surface area contributed by atoms with Crippen LogP contribution in [0.5, 0.6) is 0 Å². The lowest BCUT2D eigenvalue weighted by Gasteiger charge is -2.29. The third-order valence-electron chi connectivity index (χ3n) is 4.48. The first-order chi connectivity index (χ1) is 13.8. The predicted molar refractivity (Wildman–Crippen MR) is 117 cm³/mol. The van der Waals surface area contributed by atoms with Gasteiger partial charge in [-0.25, -0.2) is 0 Å². The van der Waals surface area contributed by atoms with Crippen molar-refractivity contribution in [2.24, 2.45) is 10.8 Å². The number of rotatable bonds is 7. The van der Waals surface area contributed by atoms with E-state index in [1.54, 1.807) is 0 Å². The number of phosphoric acid groups is 1. The summed E-state index contributed by atoms with van der Waals surface area (Å²) in [6.07, 6.45) is -0.0105. The smallest absolute Gasteiger partial charge is 0.490 e. The van der Waals surface area contributed by atoms with Crippen molar-refractivity contribution < 1.29 is 27.6 Å². The molecule has 166 valence electrons. The van der Waals surface area contributed by atoms with Gasteiger partial charge in [-0.05, 0) is 30.7 Å². The molecule has 1 aromatic carbocycles. The first-order valence-electron chi connectivity index (χ1n) is 10.3. The van der Waals surface area contributed by atoms with Crippen LogP contribution in [0.1, 0.15) is 66.5 Å². The Bertz CT molecular complexity index is 902. The summed E-state index contributed by atoms with van der Waals surface area (Å²) in [6.45, 7) is 18.1. The van der Waals surface area contributed by atoms with Gasteiger partial charge in [0.2, 0.25) is 5.76 Å². The van der Waals surface area contributed by atoms with Crippen LogP contribution in [-0.2, 0) is 27.6 Å². The molecule has 0 saturated carbocycles. The van der Waals surface area contributed by atoms with E-state index in [2.05, 4.69) is 41.5 Å². The van der Waals surface area contributed by atoms with Crippen molar-refractivity contribution in [1.82, 2.24) is 0 Å². The largest absolute Gasteiger partial charge is 0.652 e. The van der Waals surface area contributed by atoms with Crippen LogP contribution < -0.4 is 0 Å². The minimum absolute atomic E-state index is 0.0105. The van der Waals surface area contributed by atoms with Crippen LogP contribution in [0.4, 0.5) is 0 Å². The summed E-state index contributed by atoms with van der Waals surface area (Å²) in [5.41, 5.74) is 2.61. The third-order valence-corrected chi connectivity index (χ3v) is 5.66. The highest BCUT2D eigenvalue weighted by atomic mass is 31.2. The molecule has 0 amide bonds. The van der Waals surface area contributed by atoms with Gasteiger partial charge >= 0.3 is 13.8 Å². The van der Waals surface area contributed by atoms with Gasteiger partial charge in [0.15, 0.2) is 0 Å². The molecule has 1 saturated heterocycles. The Morgan fingerprint density at radius 3 is 2.23 bits per heavy atom. The average Bonchev–Trinajstić information content (AvgIpc) is 3.08. The second kappa shape index (κ2) is 7.97. The zero-order valence-electron chi connectivity index (χ0n) is 19.2. The van der Waals surface area contributed by atoms with Crippen LogP contribution in [0, 0.1) is 10.8 Å². The maximum absolute atomic E-state index is 11.9. The van der Waals surface area contributed by atoms with Crippen molar-refractivity contribution >= 4 is 19.3 Å². The van der Waals surface area contributed by atoms with Gasteiger partial charge in [-0.2, -0.15) is 4.57 Å². The molecule has 0 atom stereocenters. The average molecular weight is 436 g/mol. The highest BCUT2D eigenvalue weighted by molar-refractivity contribution is 7.51. The number of fused-ring (bicyclic) bond motifs is 1. The van der Waals surface area contributed by atoms with Gasteiger partial charge in [0.05, 0.1) is 19.3 Å². The molecular weight excluding hydrogens is 403 g/mol. The Morgan fingerprint density at radius 1 is 1.07 bits per heavy atom. The molecule has 3 aliphatic heterocycles. The summed E-state index contributed by atoms with van der Waals surface area (Å²) in [7, 11) is -3.40. The van der Waals surface area contributed by atoms with Gasteiger partial charge in [0.25, 0.3) is 0 Å². The lowest BCUT2D eigenvalue weighted by molar-refractivity contribution is 0.0773. The number of hydrogen-bond donors (Lipinski definition) is 0. The Morgan fingerprint density at radius 2 is 1.73 bits per heavy atom. The van der Waals surface area contributed by atoms with Gasteiger partial charge < -0.3 is 23.0 Å². The van der Waals surface area contributed by atoms with Crippen LogP contribution in [0.3, 0.4) is 0 Å². The van der Waals surface area contributed by atoms with E-state index < -0.39 is 7.82 Å². The molecule has 0 unspecified atom stereocenters. The Labute approximate surface area is 179 Å². The molecule has 1 fully saturated rings. The lowest BCUT2D eigenvalue weighted by Crippen LogP contribution is -2.22. The monoisotopic (exact) mass is 436 g/mol. The molecule has 0 spiro atoms. The van der Waals surface area contributed by atoms with Gasteiger partial charge in [0, 0.05) is 16.7 Å². The normalized spacial score (nSPS) is 18.3. The second-order valence-electron chi connectivity index (χ2n) is 10.2. The molecule has 0 radical (unpaired) electrons. The van der Waals surface area contributed by atoms with E-state index in [0.717, 1.165) is 22.5 Å². The van der Waals surface area contributed by atoms with Crippen molar-refractivity contribution in [2.75, 3.05) is 13.2 Å². The van der Waals surface area contributed by atoms with Crippen LogP contribution in [0.15, 0.2) is 35.8 Å². The molecule has 0 aliphatic carbocycles. The van der Waals surface area contributed by atoms with E-state index in [9.17, 15) is 4.57 Å². The highest BCUT2D eigenvalue weighted by Crippen LogP contribution is 2.72. The maximum Gasteiger partial charge on any atom is 0.652 e. The minimum atomic E-state index is -3.40. The third kappa shape index (κ3) is 5.22. The molecule has 0 aromatic heterocycles. The number of ether oxygens (including phenoxy) is 2. The Kier molecular flexibility index (Phi) is 6.05. The summed E-state index contributed by atoms with van der Waals surface area (Å²) >= 11 is 0. The number of phosphoric ester groups is 1. The van der Waals surface area contributed by atoms with Crippen molar-refractivity contribution in [1.29, 1.82) is 0 Å². The summed E-state index contributed by atoms with van der Waals surface area (Å²) < 4.78 is 39.8. The molecule has 7 heteroatoms. The molecule has 4 rings (SSSR count). The Hall–Kier alpha value is -1.91. The summed E-state index contributed by atoms with van der Waals surface area (Å²) in [4.78, 5) is 0. The van der Waals surface area contributed by atoms with Gasteiger partial charge in [-0.15, -0.1) is 0 Å². The number of benzene rings is 1. The molecule has 3 heterocycles. The molecule has 0 N–H and O–H groups in total. The van der Waals surface area contributed by atoms with Crippen molar-refractivity contribution in [3.63, 3.8) is 0 Å². The van der Waals surface area contributed by atoms with E-state index >= 15 is 0 Å². The molecular formula is C23H33O6P. The van der Waals surface area contributed by atoms with E-state index in [-0.39, 0.29) is 22.9 Å². The maximum atomic E-state index is 11.9. The van der Waals surface area contributed by atoms with E-state index in [0.29, 0.717) is 19.0 Å². The summed E-state index contributed by atoms with van der Waals surface area (Å²) in [6, 6.07) is 7.71. The zero-order chi connectivity index (χ0) is 22.3. The summed E-state index contributed by atoms with van der Waals surface area (Å²) in [5.74, 6) is 1.33. The van der Waals surface area contributed by atoms with Crippen LogP contribution in [0.2, 0.25) is 0 Å². The SMILES string of the molecule is CC(C)O/C(=C(/COCC(C)(C)C)C(C)(C)C)c1cccc(C2=C3OP(=O)(O3)O2)c1. The van der Waals surface area contributed by atoms with Gasteiger partial charge in [-0.1, -0.05) is 59.7 Å².